The first-order chi connectivity index (χ1) is 9.47. The zero-order chi connectivity index (χ0) is 15.1. The van der Waals surface area contributed by atoms with Gasteiger partial charge >= 0.3 is 5.97 Å². The highest BCUT2D eigenvalue weighted by Gasteiger charge is 2.19. The van der Waals surface area contributed by atoms with Crippen LogP contribution in [-0.2, 0) is 14.3 Å². The first-order valence-corrected chi connectivity index (χ1v) is 6.21. The van der Waals surface area contributed by atoms with Gasteiger partial charge in [0, 0.05) is 19.2 Å². The van der Waals surface area contributed by atoms with Crippen molar-refractivity contribution in [1.82, 2.24) is 5.32 Å². The van der Waals surface area contributed by atoms with Crippen LogP contribution in [0.2, 0.25) is 0 Å². The van der Waals surface area contributed by atoms with Crippen LogP contribution in [0.15, 0.2) is 18.2 Å². The van der Waals surface area contributed by atoms with Gasteiger partial charge in [-0.1, -0.05) is 0 Å². The molecule has 0 aliphatic carbocycles. The molecule has 1 aromatic carbocycles. The fraction of sp³-hybridized carbons (Fsp3) is 0.429. The van der Waals surface area contributed by atoms with Crippen LogP contribution in [0.25, 0.3) is 0 Å². The minimum absolute atomic E-state index is 0.249. The number of methoxy groups -OCH3 is 2. The molecule has 0 saturated carbocycles. The van der Waals surface area contributed by atoms with Crippen molar-refractivity contribution >= 4 is 17.6 Å². The molecule has 0 heterocycles. The maximum atomic E-state index is 11.6. The number of carbonyl (C=O) groups is 2. The molecule has 1 unspecified atom stereocenters. The average Bonchev–Trinajstić information content (AvgIpc) is 2.43. The number of aryl methyl sites for hydroxylation is 1. The molecule has 6 heteroatoms. The minimum Gasteiger partial charge on any atom is -0.497 e. The molecule has 0 fully saturated rings. The number of nitrogens with one attached hydrogen (secondary N) is 2. The number of hydrogen-bond donors (Lipinski definition) is 2. The van der Waals surface area contributed by atoms with Crippen LogP contribution in [0, 0.1) is 6.92 Å². The maximum absolute atomic E-state index is 11.6. The third-order valence-corrected chi connectivity index (χ3v) is 2.79. The van der Waals surface area contributed by atoms with E-state index in [2.05, 4.69) is 15.4 Å². The predicted molar refractivity (Wildman–Crippen MR) is 75.8 cm³/mol. The quantitative estimate of drug-likeness (QED) is 0.763. The summed E-state index contributed by atoms with van der Waals surface area (Å²) >= 11 is 0. The average molecular weight is 280 g/mol. The molecule has 110 valence electrons. The van der Waals surface area contributed by atoms with E-state index in [1.54, 1.807) is 7.11 Å². The SMILES string of the molecule is COC(=O)C(CNc1ccc(OC)cc1C)NC(C)=O. The lowest BCUT2D eigenvalue weighted by Crippen LogP contribution is -2.45. The molecule has 1 amide bonds. The minimum atomic E-state index is -0.723. The van der Waals surface area contributed by atoms with Gasteiger partial charge in [-0.3, -0.25) is 4.79 Å². The van der Waals surface area contributed by atoms with Gasteiger partial charge in [0.1, 0.15) is 11.8 Å². The Balaban J connectivity index is 2.71. The Morgan fingerprint density at radius 3 is 2.50 bits per heavy atom. The zero-order valence-corrected chi connectivity index (χ0v) is 12.1. The number of anilines is 1. The number of rotatable bonds is 6. The third-order valence-electron chi connectivity index (χ3n) is 2.79. The van der Waals surface area contributed by atoms with E-state index in [1.165, 1.54) is 14.0 Å². The fourth-order valence-electron chi connectivity index (χ4n) is 1.75. The number of amides is 1. The summed E-state index contributed by atoms with van der Waals surface area (Å²) in [6.07, 6.45) is 0. The molecule has 1 rings (SSSR count). The number of hydrogen-bond acceptors (Lipinski definition) is 5. The Kier molecular flexibility index (Phi) is 5.83. The lowest BCUT2D eigenvalue weighted by Gasteiger charge is -2.18. The Labute approximate surface area is 118 Å². The van der Waals surface area contributed by atoms with Crippen molar-refractivity contribution in [2.75, 3.05) is 26.1 Å². The second-order valence-corrected chi connectivity index (χ2v) is 4.34. The van der Waals surface area contributed by atoms with Gasteiger partial charge in [0.05, 0.1) is 14.2 Å². The van der Waals surface area contributed by atoms with E-state index in [1.807, 2.05) is 25.1 Å². The van der Waals surface area contributed by atoms with Gasteiger partial charge in [0.25, 0.3) is 0 Å². The van der Waals surface area contributed by atoms with Crippen molar-refractivity contribution in [3.63, 3.8) is 0 Å². The summed E-state index contributed by atoms with van der Waals surface area (Å²) in [5.41, 5.74) is 1.85. The van der Waals surface area contributed by atoms with Crippen LogP contribution >= 0.6 is 0 Å². The highest BCUT2D eigenvalue weighted by molar-refractivity contribution is 5.83. The summed E-state index contributed by atoms with van der Waals surface area (Å²) in [7, 11) is 2.89. The monoisotopic (exact) mass is 280 g/mol. The van der Waals surface area contributed by atoms with Gasteiger partial charge in [-0.25, -0.2) is 4.79 Å². The first-order valence-electron chi connectivity index (χ1n) is 6.21. The van der Waals surface area contributed by atoms with Crippen molar-refractivity contribution < 1.29 is 19.1 Å². The Hall–Kier alpha value is -2.24. The summed E-state index contributed by atoms with van der Waals surface area (Å²) in [4.78, 5) is 22.6. The smallest absolute Gasteiger partial charge is 0.330 e. The highest BCUT2D eigenvalue weighted by atomic mass is 16.5. The highest BCUT2D eigenvalue weighted by Crippen LogP contribution is 2.20. The molecule has 0 radical (unpaired) electrons. The lowest BCUT2D eigenvalue weighted by molar-refractivity contribution is -0.144. The molecule has 1 aromatic rings. The molecule has 0 aliphatic rings. The van der Waals surface area contributed by atoms with E-state index in [0.717, 1.165) is 17.0 Å². The van der Waals surface area contributed by atoms with Crippen LogP contribution in [-0.4, -0.2) is 38.7 Å². The Morgan fingerprint density at radius 2 is 2.00 bits per heavy atom. The van der Waals surface area contributed by atoms with Crippen molar-refractivity contribution in [1.29, 1.82) is 0 Å². The standard InChI is InChI=1S/C14H20N2O4/c1-9-7-11(19-3)5-6-12(9)15-8-13(14(18)20-4)16-10(2)17/h5-7,13,15H,8H2,1-4H3,(H,16,17). The Bertz CT molecular complexity index is 488. The summed E-state index contributed by atoms with van der Waals surface area (Å²) in [5, 5.41) is 5.66. The van der Waals surface area contributed by atoms with E-state index in [9.17, 15) is 9.59 Å². The lowest BCUT2D eigenvalue weighted by atomic mass is 10.2. The van der Waals surface area contributed by atoms with Gasteiger partial charge in [0.2, 0.25) is 5.91 Å². The second kappa shape index (κ2) is 7.37. The molecule has 1 atom stereocenters. The van der Waals surface area contributed by atoms with Crippen LogP contribution in [0.1, 0.15) is 12.5 Å². The molecule has 2 N–H and O–H groups in total. The topological polar surface area (TPSA) is 76.7 Å². The van der Waals surface area contributed by atoms with E-state index >= 15 is 0 Å². The van der Waals surface area contributed by atoms with E-state index in [-0.39, 0.29) is 12.5 Å². The summed E-state index contributed by atoms with van der Waals surface area (Å²) in [6, 6.07) is 4.84. The van der Waals surface area contributed by atoms with Crippen LogP contribution in [0.4, 0.5) is 5.69 Å². The van der Waals surface area contributed by atoms with Gasteiger partial charge in [0.15, 0.2) is 0 Å². The van der Waals surface area contributed by atoms with Gasteiger partial charge < -0.3 is 20.1 Å². The summed E-state index contributed by atoms with van der Waals surface area (Å²) < 4.78 is 9.78. The summed E-state index contributed by atoms with van der Waals surface area (Å²) in [6.45, 7) is 3.53. The van der Waals surface area contributed by atoms with Crippen LogP contribution in [0.5, 0.6) is 5.75 Å². The molecule has 0 bridgehead atoms. The molecule has 0 aliphatic heterocycles. The number of esters is 1. The van der Waals surface area contributed by atoms with Crippen molar-refractivity contribution in [3.05, 3.63) is 23.8 Å². The normalized spacial score (nSPS) is 11.4. The van der Waals surface area contributed by atoms with E-state index in [0.29, 0.717) is 0 Å². The first kappa shape index (κ1) is 15.8. The van der Waals surface area contributed by atoms with E-state index < -0.39 is 12.0 Å². The molecular weight excluding hydrogens is 260 g/mol. The van der Waals surface area contributed by atoms with Crippen LogP contribution < -0.4 is 15.4 Å². The zero-order valence-electron chi connectivity index (χ0n) is 12.1. The van der Waals surface area contributed by atoms with Gasteiger partial charge in [-0.05, 0) is 30.7 Å². The maximum Gasteiger partial charge on any atom is 0.330 e. The predicted octanol–water partition coefficient (Wildman–Crippen LogP) is 1.09. The van der Waals surface area contributed by atoms with Gasteiger partial charge in [-0.15, -0.1) is 0 Å². The molecule has 0 aromatic heterocycles. The van der Waals surface area contributed by atoms with E-state index in [4.69, 9.17) is 4.74 Å². The number of benzene rings is 1. The summed E-state index contributed by atoms with van der Waals surface area (Å²) in [5.74, 6) is -0.00746. The van der Waals surface area contributed by atoms with Gasteiger partial charge in [-0.2, -0.15) is 0 Å². The number of ether oxygens (including phenoxy) is 2. The molecular formula is C14H20N2O4. The second-order valence-electron chi connectivity index (χ2n) is 4.34. The fourth-order valence-corrected chi connectivity index (χ4v) is 1.75. The molecule has 0 spiro atoms. The van der Waals surface area contributed by atoms with Crippen molar-refractivity contribution in [2.24, 2.45) is 0 Å². The molecule has 0 saturated heterocycles. The third kappa shape index (κ3) is 4.46. The van der Waals surface area contributed by atoms with Crippen molar-refractivity contribution in [3.8, 4) is 5.75 Å². The largest absolute Gasteiger partial charge is 0.497 e. The van der Waals surface area contributed by atoms with Crippen molar-refractivity contribution in [2.45, 2.75) is 19.9 Å². The molecule has 20 heavy (non-hydrogen) atoms. The Morgan fingerprint density at radius 1 is 1.30 bits per heavy atom. The van der Waals surface area contributed by atoms with Crippen LogP contribution in [0.3, 0.4) is 0 Å². The number of carbonyl (C=O) groups excluding carboxylic acids is 2. The molecule has 6 nitrogen and oxygen atoms in total.